The highest BCUT2D eigenvalue weighted by molar-refractivity contribution is 5.35. The van der Waals surface area contributed by atoms with Gasteiger partial charge in [-0.1, -0.05) is 54.4 Å². The van der Waals surface area contributed by atoms with Crippen LogP contribution in [0.4, 0.5) is 0 Å². The molecule has 2 heteroatoms. The molecule has 2 rings (SSSR count). The maximum absolute atomic E-state index is 6.07. The van der Waals surface area contributed by atoms with Crippen LogP contribution in [0, 0.1) is 13.8 Å². The van der Waals surface area contributed by atoms with Crippen LogP contribution in [0.1, 0.15) is 35.6 Å². The number of hydrogen-bond donors (Lipinski definition) is 1. The molecule has 112 valence electrons. The van der Waals surface area contributed by atoms with Crippen molar-refractivity contribution in [2.24, 2.45) is 5.73 Å². The minimum Gasteiger partial charge on any atom is -0.489 e. The minimum absolute atomic E-state index is 0.191. The van der Waals surface area contributed by atoms with E-state index in [1.165, 1.54) is 22.3 Å². The van der Waals surface area contributed by atoms with Crippen LogP contribution in [-0.4, -0.2) is 6.04 Å². The molecule has 21 heavy (non-hydrogen) atoms. The van der Waals surface area contributed by atoms with Gasteiger partial charge in [-0.05, 0) is 43.9 Å². The summed E-state index contributed by atoms with van der Waals surface area (Å²) in [6.07, 6.45) is 1.84. The van der Waals surface area contributed by atoms with Crippen molar-refractivity contribution in [1.29, 1.82) is 0 Å². The first kappa shape index (κ1) is 15.6. The molecule has 1 unspecified atom stereocenters. The van der Waals surface area contributed by atoms with E-state index in [9.17, 15) is 0 Å². The Morgan fingerprint density at radius 2 is 1.71 bits per heavy atom. The van der Waals surface area contributed by atoms with Crippen LogP contribution in [0.5, 0.6) is 5.75 Å². The highest BCUT2D eigenvalue weighted by Crippen LogP contribution is 2.21. The van der Waals surface area contributed by atoms with E-state index >= 15 is 0 Å². The normalized spacial score (nSPS) is 12.2. The van der Waals surface area contributed by atoms with Crippen molar-refractivity contribution in [2.75, 3.05) is 0 Å². The predicted molar refractivity (Wildman–Crippen MR) is 88.7 cm³/mol. The van der Waals surface area contributed by atoms with E-state index in [1.807, 2.05) is 18.2 Å². The molecule has 0 fully saturated rings. The summed E-state index contributed by atoms with van der Waals surface area (Å²) >= 11 is 0. The highest BCUT2D eigenvalue weighted by Gasteiger charge is 2.07. The molecule has 0 amide bonds. The van der Waals surface area contributed by atoms with Gasteiger partial charge in [0.25, 0.3) is 0 Å². The van der Waals surface area contributed by atoms with E-state index in [0.29, 0.717) is 6.61 Å². The van der Waals surface area contributed by atoms with Crippen LogP contribution in [0.25, 0.3) is 0 Å². The lowest BCUT2D eigenvalue weighted by Gasteiger charge is -2.15. The summed E-state index contributed by atoms with van der Waals surface area (Å²) in [5.41, 5.74) is 11.0. The fourth-order valence-electron chi connectivity index (χ4n) is 2.55. The summed E-state index contributed by atoms with van der Waals surface area (Å²) in [6, 6.07) is 14.9. The van der Waals surface area contributed by atoms with Gasteiger partial charge in [0.1, 0.15) is 12.4 Å². The molecular formula is C19H25NO. The second-order valence-electron chi connectivity index (χ2n) is 5.76. The van der Waals surface area contributed by atoms with Crippen molar-refractivity contribution in [3.63, 3.8) is 0 Å². The standard InChI is InChI=1S/C19H25NO/c1-4-18(20)12-17-7-5-6-8-19(17)21-13-16-10-14(2)9-15(3)11-16/h5-11,18H,4,12-13,20H2,1-3H3. The number of benzene rings is 2. The topological polar surface area (TPSA) is 35.2 Å². The van der Waals surface area contributed by atoms with Crippen molar-refractivity contribution >= 4 is 0 Å². The predicted octanol–water partition coefficient (Wildman–Crippen LogP) is 4.16. The Labute approximate surface area is 127 Å². The van der Waals surface area contributed by atoms with E-state index in [0.717, 1.165) is 18.6 Å². The van der Waals surface area contributed by atoms with Crippen molar-refractivity contribution in [3.05, 3.63) is 64.7 Å². The van der Waals surface area contributed by atoms with Crippen LogP contribution in [0.2, 0.25) is 0 Å². The molecule has 0 aliphatic rings. The number of rotatable bonds is 6. The fraction of sp³-hybridized carbons (Fsp3) is 0.368. The summed E-state index contributed by atoms with van der Waals surface area (Å²) in [5, 5.41) is 0. The van der Waals surface area contributed by atoms with Crippen LogP contribution < -0.4 is 10.5 Å². The SMILES string of the molecule is CCC(N)Cc1ccccc1OCc1cc(C)cc(C)c1. The van der Waals surface area contributed by atoms with Gasteiger partial charge in [0, 0.05) is 6.04 Å². The molecule has 0 heterocycles. The third-order valence-corrected chi connectivity index (χ3v) is 3.65. The summed E-state index contributed by atoms with van der Waals surface area (Å²) in [4.78, 5) is 0. The molecule has 2 aromatic carbocycles. The molecule has 0 aliphatic carbocycles. The van der Waals surface area contributed by atoms with Crippen LogP contribution >= 0.6 is 0 Å². The first-order valence-corrected chi connectivity index (χ1v) is 7.62. The maximum atomic E-state index is 6.07. The summed E-state index contributed by atoms with van der Waals surface area (Å²) in [7, 11) is 0. The summed E-state index contributed by atoms with van der Waals surface area (Å²) in [5.74, 6) is 0.945. The molecule has 0 bridgehead atoms. The number of nitrogens with two attached hydrogens (primary N) is 1. The average Bonchev–Trinajstić information content (AvgIpc) is 2.45. The fourth-order valence-corrected chi connectivity index (χ4v) is 2.55. The Hall–Kier alpha value is -1.80. The first-order valence-electron chi connectivity index (χ1n) is 7.62. The average molecular weight is 283 g/mol. The summed E-state index contributed by atoms with van der Waals surface area (Å²) in [6.45, 7) is 6.94. The molecule has 0 saturated carbocycles. The number of para-hydroxylation sites is 1. The monoisotopic (exact) mass is 283 g/mol. The van der Waals surface area contributed by atoms with Crippen molar-refractivity contribution < 1.29 is 4.74 Å². The molecule has 0 radical (unpaired) electrons. The molecule has 2 nitrogen and oxygen atoms in total. The van der Waals surface area contributed by atoms with E-state index < -0.39 is 0 Å². The lowest BCUT2D eigenvalue weighted by atomic mass is 10.0. The van der Waals surface area contributed by atoms with Gasteiger partial charge in [0.05, 0.1) is 0 Å². The van der Waals surface area contributed by atoms with Crippen molar-refractivity contribution in [2.45, 2.75) is 46.3 Å². The van der Waals surface area contributed by atoms with Crippen molar-refractivity contribution in [1.82, 2.24) is 0 Å². The number of hydrogen-bond acceptors (Lipinski definition) is 2. The van der Waals surface area contributed by atoms with Gasteiger partial charge in [-0.2, -0.15) is 0 Å². The smallest absolute Gasteiger partial charge is 0.123 e. The van der Waals surface area contributed by atoms with Gasteiger partial charge in [0.2, 0.25) is 0 Å². The second-order valence-corrected chi connectivity index (χ2v) is 5.76. The number of aryl methyl sites for hydroxylation is 2. The molecule has 0 aromatic heterocycles. The first-order chi connectivity index (χ1) is 10.1. The Bertz CT molecular complexity index is 572. The Balaban J connectivity index is 2.09. The Kier molecular flexibility index (Phi) is 5.40. The van der Waals surface area contributed by atoms with E-state index in [4.69, 9.17) is 10.5 Å². The third kappa shape index (κ3) is 4.61. The molecule has 0 aliphatic heterocycles. The molecule has 0 spiro atoms. The van der Waals surface area contributed by atoms with Crippen LogP contribution in [0.3, 0.4) is 0 Å². The van der Waals surface area contributed by atoms with Gasteiger partial charge < -0.3 is 10.5 Å². The highest BCUT2D eigenvalue weighted by atomic mass is 16.5. The molecular weight excluding hydrogens is 258 g/mol. The zero-order chi connectivity index (χ0) is 15.2. The molecule has 2 N–H and O–H groups in total. The van der Waals surface area contributed by atoms with Gasteiger partial charge in [-0.25, -0.2) is 0 Å². The van der Waals surface area contributed by atoms with Gasteiger partial charge in [-0.3, -0.25) is 0 Å². The summed E-state index contributed by atoms with van der Waals surface area (Å²) < 4.78 is 6.02. The molecule has 0 saturated heterocycles. The second kappa shape index (κ2) is 7.28. The zero-order valence-corrected chi connectivity index (χ0v) is 13.2. The van der Waals surface area contributed by atoms with E-state index in [2.05, 4.69) is 45.0 Å². The van der Waals surface area contributed by atoms with E-state index in [1.54, 1.807) is 0 Å². The minimum atomic E-state index is 0.191. The van der Waals surface area contributed by atoms with Crippen molar-refractivity contribution in [3.8, 4) is 5.75 Å². The lowest BCUT2D eigenvalue weighted by Crippen LogP contribution is -2.21. The van der Waals surface area contributed by atoms with Gasteiger partial charge >= 0.3 is 0 Å². The molecule has 1 atom stereocenters. The Morgan fingerprint density at radius 3 is 2.38 bits per heavy atom. The molecule has 2 aromatic rings. The van der Waals surface area contributed by atoms with Crippen LogP contribution in [-0.2, 0) is 13.0 Å². The van der Waals surface area contributed by atoms with Gasteiger partial charge in [0.15, 0.2) is 0 Å². The largest absolute Gasteiger partial charge is 0.489 e. The quantitative estimate of drug-likeness (QED) is 0.864. The van der Waals surface area contributed by atoms with Crippen LogP contribution in [0.15, 0.2) is 42.5 Å². The Morgan fingerprint density at radius 1 is 1.05 bits per heavy atom. The van der Waals surface area contributed by atoms with E-state index in [-0.39, 0.29) is 6.04 Å². The number of ether oxygens (including phenoxy) is 1. The third-order valence-electron chi connectivity index (χ3n) is 3.65. The maximum Gasteiger partial charge on any atom is 0.123 e. The lowest BCUT2D eigenvalue weighted by molar-refractivity contribution is 0.302. The zero-order valence-electron chi connectivity index (χ0n) is 13.2. The van der Waals surface area contributed by atoms with Gasteiger partial charge in [-0.15, -0.1) is 0 Å².